The minimum Gasteiger partial charge on any atom is -0.493 e. The summed E-state index contributed by atoms with van der Waals surface area (Å²) in [5.41, 5.74) is 1.69. The molecule has 2 aliphatic carbocycles. The van der Waals surface area contributed by atoms with E-state index in [1.807, 2.05) is 30.3 Å². The molecule has 0 bridgehead atoms. The summed E-state index contributed by atoms with van der Waals surface area (Å²) >= 11 is 0. The lowest BCUT2D eigenvalue weighted by Crippen LogP contribution is -2.58. The zero-order valence-corrected chi connectivity index (χ0v) is 16.4. The molecule has 0 aliphatic heterocycles. The lowest BCUT2D eigenvalue weighted by atomic mass is 9.53. The smallest absolute Gasteiger partial charge is 0.407 e. The van der Waals surface area contributed by atoms with Crippen molar-refractivity contribution in [3.63, 3.8) is 0 Å². The number of alkyl carbamates (subject to hydrolysis) is 1. The van der Waals surface area contributed by atoms with Gasteiger partial charge in [0.1, 0.15) is 18.8 Å². The molecule has 1 N–H and O–H groups in total. The molecule has 2 saturated carbocycles. The number of amides is 1. The topological polar surface area (TPSA) is 80.6 Å². The van der Waals surface area contributed by atoms with Crippen molar-refractivity contribution in [1.29, 1.82) is 5.26 Å². The molecule has 6 nitrogen and oxygen atoms in total. The van der Waals surface area contributed by atoms with E-state index in [1.54, 1.807) is 25.3 Å². The Morgan fingerprint density at radius 2 is 1.90 bits per heavy atom. The highest BCUT2D eigenvalue weighted by molar-refractivity contribution is 5.67. The van der Waals surface area contributed by atoms with Gasteiger partial charge in [-0.3, -0.25) is 0 Å². The third-order valence-electron chi connectivity index (χ3n) is 5.82. The van der Waals surface area contributed by atoms with E-state index in [1.165, 1.54) is 0 Å². The van der Waals surface area contributed by atoms with E-state index in [0.29, 0.717) is 17.1 Å². The van der Waals surface area contributed by atoms with Gasteiger partial charge in [-0.1, -0.05) is 36.4 Å². The van der Waals surface area contributed by atoms with E-state index in [9.17, 15) is 10.1 Å². The molecule has 6 heteroatoms. The normalized spacial score (nSPS) is 24.6. The highest BCUT2D eigenvalue weighted by Crippen LogP contribution is 2.57. The van der Waals surface area contributed by atoms with Crippen molar-refractivity contribution >= 4 is 6.09 Å². The molecular formula is C23H24N2O4. The van der Waals surface area contributed by atoms with Crippen LogP contribution < -0.4 is 14.8 Å². The molecule has 1 amide bonds. The Kier molecular flexibility index (Phi) is 5.30. The number of methoxy groups -OCH3 is 1. The molecule has 0 heterocycles. The summed E-state index contributed by atoms with van der Waals surface area (Å²) in [5, 5.41) is 12.2. The molecule has 0 atom stereocenters. The van der Waals surface area contributed by atoms with Crippen LogP contribution in [-0.2, 0) is 11.3 Å². The molecule has 0 radical (unpaired) electrons. The molecule has 2 aliphatic rings. The van der Waals surface area contributed by atoms with E-state index in [2.05, 4.69) is 11.4 Å². The third-order valence-corrected chi connectivity index (χ3v) is 5.82. The van der Waals surface area contributed by atoms with Gasteiger partial charge in [0, 0.05) is 6.04 Å². The van der Waals surface area contributed by atoms with E-state index < -0.39 is 0 Å². The number of nitrogens with zero attached hydrogens (tertiary/aromatic N) is 1. The lowest BCUT2D eigenvalue weighted by molar-refractivity contribution is -0.0849. The standard InChI is InChI=1S/C23H24N2O4/c1-27-20-9-5-8-17(14-24)21(20)29-19-12-23(13-19)10-18(11-23)25-22(26)28-15-16-6-3-2-4-7-16/h2-9,18-19H,10-13,15H2,1H3,(H,25,26). The zero-order chi connectivity index (χ0) is 20.3. The fourth-order valence-corrected chi connectivity index (χ4v) is 4.39. The first kappa shape index (κ1) is 19.1. The van der Waals surface area contributed by atoms with E-state index in [0.717, 1.165) is 31.2 Å². The molecule has 2 fully saturated rings. The number of carbonyl (C=O) groups is 1. The summed E-state index contributed by atoms with van der Waals surface area (Å²) in [6, 6.07) is 17.3. The Morgan fingerprint density at radius 1 is 1.14 bits per heavy atom. The second kappa shape index (κ2) is 8.04. The molecule has 150 valence electrons. The predicted octanol–water partition coefficient (Wildman–Crippen LogP) is 4.18. The highest BCUT2D eigenvalue weighted by Gasteiger charge is 2.54. The van der Waals surface area contributed by atoms with Gasteiger partial charge in [-0.2, -0.15) is 5.26 Å². The molecule has 2 aromatic carbocycles. The Morgan fingerprint density at radius 3 is 2.59 bits per heavy atom. The van der Waals surface area contributed by atoms with Crippen molar-refractivity contribution in [3.8, 4) is 17.6 Å². The Hall–Kier alpha value is -3.20. The number of nitrogens with one attached hydrogen (secondary N) is 1. The van der Waals surface area contributed by atoms with E-state index in [-0.39, 0.29) is 30.3 Å². The van der Waals surface area contributed by atoms with Gasteiger partial charge in [0.2, 0.25) is 0 Å². The average Bonchev–Trinajstić information content (AvgIpc) is 2.69. The van der Waals surface area contributed by atoms with Gasteiger partial charge in [-0.15, -0.1) is 0 Å². The minimum absolute atomic E-state index is 0.0735. The summed E-state index contributed by atoms with van der Waals surface area (Å²) in [7, 11) is 1.57. The molecule has 0 aromatic heterocycles. The molecule has 4 rings (SSSR count). The van der Waals surface area contributed by atoms with Crippen molar-refractivity contribution < 1.29 is 19.0 Å². The van der Waals surface area contributed by atoms with Crippen LogP contribution >= 0.6 is 0 Å². The largest absolute Gasteiger partial charge is 0.493 e. The van der Waals surface area contributed by atoms with Gasteiger partial charge in [-0.05, 0) is 48.8 Å². The maximum absolute atomic E-state index is 12.0. The molecule has 1 spiro atoms. The summed E-state index contributed by atoms with van der Waals surface area (Å²) < 4.78 is 16.7. The van der Waals surface area contributed by atoms with Gasteiger partial charge < -0.3 is 19.5 Å². The number of ether oxygens (including phenoxy) is 3. The number of carbonyl (C=O) groups excluding carboxylic acids is 1. The molecule has 29 heavy (non-hydrogen) atoms. The van der Waals surface area contributed by atoms with Crippen molar-refractivity contribution in [3.05, 3.63) is 59.7 Å². The third kappa shape index (κ3) is 4.14. The molecular weight excluding hydrogens is 368 g/mol. The zero-order valence-electron chi connectivity index (χ0n) is 16.4. The Balaban J connectivity index is 1.21. The summed E-state index contributed by atoms with van der Waals surface area (Å²) in [5.74, 6) is 1.11. The first-order valence-electron chi connectivity index (χ1n) is 9.82. The van der Waals surface area contributed by atoms with Crippen LogP contribution in [0.25, 0.3) is 0 Å². The number of benzene rings is 2. The number of para-hydroxylation sites is 1. The number of hydrogen-bond acceptors (Lipinski definition) is 5. The molecule has 0 unspecified atom stereocenters. The maximum atomic E-state index is 12.0. The van der Waals surface area contributed by atoms with Crippen molar-refractivity contribution in [1.82, 2.24) is 5.32 Å². The van der Waals surface area contributed by atoms with Crippen LogP contribution in [0, 0.1) is 16.7 Å². The fourth-order valence-electron chi connectivity index (χ4n) is 4.39. The second-order valence-corrected chi connectivity index (χ2v) is 7.91. The van der Waals surface area contributed by atoms with Crippen LogP contribution in [-0.4, -0.2) is 25.3 Å². The van der Waals surface area contributed by atoms with Crippen LogP contribution in [0.2, 0.25) is 0 Å². The van der Waals surface area contributed by atoms with Crippen LogP contribution in [0.3, 0.4) is 0 Å². The van der Waals surface area contributed by atoms with Crippen molar-refractivity contribution in [2.24, 2.45) is 5.41 Å². The number of rotatable bonds is 6. The van der Waals surface area contributed by atoms with Crippen LogP contribution in [0.5, 0.6) is 11.5 Å². The van der Waals surface area contributed by atoms with Crippen LogP contribution in [0.1, 0.15) is 36.8 Å². The SMILES string of the molecule is COc1cccc(C#N)c1OC1CC2(CC(NC(=O)OCc3ccccc3)C2)C1. The Bertz CT molecular complexity index is 908. The first-order valence-corrected chi connectivity index (χ1v) is 9.82. The van der Waals surface area contributed by atoms with Crippen molar-refractivity contribution in [2.45, 2.75) is 44.4 Å². The number of nitriles is 1. The fraction of sp³-hybridized carbons (Fsp3) is 0.391. The average molecular weight is 392 g/mol. The van der Waals surface area contributed by atoms with Gasteiger partial charge >= 0.3 is 6.09 Å². The van der Waals surface area contributed by atoms with E-state index >= 15 is 0 Å². The first-order chi connectivity index (χ1) is 14.1. The summed E-state index contributed by atoms with van der Waals surface area (Å²) in [4.78, 5) is 12.0. The van der Waals surface area contributed by atoms with Crippen molar-refractivity contribution in [2.75, 3.05) is 7.11 Å². The summed E-state index contributed by atoms with van der Waals surface area (Å²) in [6.45, 7) is 0.278. The summed E-state index contributed by atoms with van der Waals surface area (Å²) in [6.07, 6.45) is 3.42. The monoisotopic (exact) mass is 392 g/mol. The number of hydrogen-bond donors (Lipinski definition) is 1. The van der Waals surface area contributed by atoms with Crippen LogP contribution in [0.4, 0.5) is 4.79 Å². The lowest BCUT2D eigenvalue weighted by Gasteiger charge is -2.57. The van der Waals surface area contributed by atoms with Crippen LogP contribution in [0.15, 0.2) is 48.5 Å². The maximum Gasteiger partial charge on any atom is 0.407 e. The van der Waals surface area contributed by atoms with Gasteiger partial charge in [-0.25, -0.2) is 4.79 Å². The molecule has 2 aromatic rings. The van der Waals surface area contributed by atoms with E-state index in [4.69, 9.17) is 14.2 Å². The second-order valence-electron chi connectivity index (χ2n) is 7.91. The van der Waals surface area contributed by atoms with Gasteiger partial charge in [0.15, 0.2) is 11.5 Å². The minimum atomic E-state index is -0.367. The predicted molar refractivity (Wildman–Crippen MR) is 107 cm³/mol. The highest BCUT2D eigenvalue weighted by atomic mass is 16.5. The van der Waals surface area contributed by atoms with Gasteiger partial charge in [0.25, 0.3) is 0 Å². The Labute approximate surface area is 170 Å². The van der Waals surface area contributed by atoms with Gasteiger partial charge in [0.05, 0.1) is 12.7 Å². The molecule has 0 saturated heterocycles. The quantitative estimate of drug-likeness (QED) is 0.797.